The van der Waals surface area contributed by atoms with Gasteiger partial charge >= 0.3 is 13.5 Å². The molecule has 1 saturated heterocycles. The van der Waals surface area contributed by atoms with Crippen molar-refractivity contribution in [1.82, 2.24) is 9.55 Å². The minimum atomic E-state index is -4.69. The molecule has 0 aliphatic carbocycles. The maximum Gasteiger partial charge on any atom is 0.469 e. The Morgan fingerprint density at radius 3 is 2.83 bits per heavy atom. The average molecular weight is 346 g/mol. The molecule has 0 spiro atoms. The highest BCUT2D eigenvalue weighted by atomic mass is 31.2. The van der Waals surface area contributed by atoms with Gasteiger partial charge in [0.15, 0.2) is 0 Å². The van der Waals surface area contributed by atoms with Crippen molar-refractivity contribution in [2.75, 3.05) is 6.61 Å². The standard InChI is InChI=1S/C12H15N2O8P/c1-2-3-7-5-14(12(17)13-11(7)16)10-4-8(15)9(22-10)6-21-23(18,19)20/h5,8-10,15H,4,6H2,1H3,(H,13,16,17)(H2,18,19,20)/t8-,9+,10+/m0/s1. The third-order valence-corrected chi connectivity index (χ3v) is 3.63. The fourth-order valence-electron chi connectivity index (χ4n) is 2.13. The second kappa shape index (κ2) is 6.80. The molecular weight excluding hydrogens is 331 g/mol. The maximum absolute atomic E-state index is 11.9. The predicted octanol–water partition coefficient (Wildman–Crippen LogP) is -1.33. The van der Waals surface area contributed by atoms with Crippen LogP contribution < -0.4 is 11.2 Å². The summed E-state index contributed by atoms with van der Waals surface area (Å²) in [6, 6.07) is 0. The molecule has 1 fully saturated rings. The van der Waals surface area contributed by atoms with Crippen LogP contribution in [0.4, 0.5) is 0 Å². The quantitative estimate of drug-likeness (QED) is 0.386. The van der Waals surface area contributed by atoms with Crippen LogP contribution in [0.3, 0.4) is 0 Å². The number of phosphoric acid groups is 1. The Balaban J connectivity index is 2.22. The molecule has 126 valence electrons. The van der Waals surface area contributed by atoms with E-state index in [4.69, 9.17) is 14.5 Å². The molecule has 0 amide bonds. The Labute approximate surface area is 129 Å². The first-order valence-corrected chi connectivity index (χ1v) is 8.06. The van der Waals surface area contributed by atoms with Crippen molar-refractivity contribution in [2.45, 2.75) is 31.8 Å². The Kier molecular flexibility index (Phi) is 5.21. The molecule has 0 radical (unpaired) electrons. The molecule has 1 aliphatic heterocycles. The van der Waals surface area contributed by atoms with Crippen LogP contribution in [0.2, 0.25) is 0 Å². The van der Waals surface area contributed by atoms with E-state index in [1.54, 1.807) is 0 Å². The highest BCUT2D eigenvalue weighted by Crippen LogP contribution is 2.38. The lowest BCUT2D eigenvalue weighted by Crippen LogP contribution is -2.33. The highest BCUT2D eigenvalue weighted by Gasteiger charge is 2.37. The van der Waals surface area contributed by atoms with Gasteiger partial charge in [0.1, 0.15) is 17.9 Å². The monoisotopic (exact) mass is 346 g/mol. The SMILES string of the molecule is CC#Cc1cn([C@H]2C[C@H](O)[C@@H](COP(=O)(O)O)O2)c(=O)[nH]c1=O. The van der Waals surface area contributed by atoms with Crippen molar-refractivity contribution in [2.24, 2.45) is 0 Å². The van der Waals surface area contributed by atoms with Crippen molar-refractivity contribution in [3.63, 3.8) is 0 Å². The van der Waals surface area contributed by atoms with E-state index in [0.717, 1.165) is 4.57 Å². The molecule has 0 aromatic carbocycles. The van der Waals surface area contributed by atoms with E-state index in [1.807, 2.05) is 0 Å². The lowest BCUT2D eigenvalue weighted by atomic mass is 10.2. The van der Waals surface area contributed by atoms with E-state index in [1.165, 1.54) is 13.1 Å². The largest absolute Gasteiger partial charge is 0.469 e. The number of nitrogens with zero attached hydrogens (tertiary/aromatic N) is 1. The number of hydrogen-bond acceptors (Lipinski definition) is 6. The van der Waals surface area contributed by atoms with E-state index < -0.39 is 44.1 Å². The molecule has 0 saturated carbocycles. The van der Waals surface area contributed by atoms with Crippen LogP contribution in [0.25, 0.3) is 0 Å². The van der Waals surface area contributed by atoms with E-state index in [0.29, 0.717) is 0 Å². The molecule has 4 N–H and O–H groups in total. The van der Waals surface area contributed by atoms with Gasteiger partial charge in [0.05, 0.1) is 12.7 Å². The van der Waals surface area contributed by atoms with Gasteiger partial charge in [-0.15, -0.1) is 5.92 Å². The summed E-state index contributed by atoms with van der Waals surface area (Å²) in [6.45, 7) is 0.988. The molecule has 1 aliphatic rings. The van der Waals surface area contributed by atoms with Gasteiger partial charge in [-0.3, -0.25) is 18.9 Å². The molecule has 1 aromatic heterocycles. The zero-order valence-corrected chi connectivity index (χ0v) is 12.9. The zero-order valence-electron chi connectivity index (χ0n) is 12.0. The molecule has 3 atom stereocenters. The molecule has 23 heavy (non-hydrogen) atoms. The number of hydrogen-bond donors (Lipinski definition) is 4. The van der Waals surface area contributed by atoms with E-state index in [-0.39, 0.29) is 12.0 Å². The van der Waals surface area contributed by atoms with Gasteiger partial charge < -0.3 is 19.6 Å². The number of aromatic amines is 1. The van der Waals surface area contributed by atoms with E-state index >= 15 is 0 Å². The maximum atomic E-state index is 11.9. The van der Waals surface area contributed by atoms with Gasteiger partial charge in [-0.05, 0) is 6.92 Å². The fourth-order valence-corrected chi connectivity index (χ4v) is 2.47. The number of aliphatic hydroxyl groups excluding tert-OH is 1. The number of phosphoric ester groups is 1. The zero-order chi connectivity index (χ0) is 17.2. The number of rotatable bonds is 4. The summed E-state index contributed by atoms with van der Waals surface area (Å²) < 4.78 is 21.4. The number of aromatic nitrogens is 2. The van der Waals surface area contributed by atoms with Crippen molar-refractivity contribution >= 4 is 7.82 Å². The molecule has 2 rings (SSSR count). The van der Waals surface area contributed by atoms with E-state index in [9.17, 15) is 19.3 Å². The minimum Gasteiger partial charge on any atom is -0.390 e. The summed E-state index contributed by atoms with van der Waals surface area (Å²) in [5.41, 5.74) is -1.33. The Morgan fingerprint density at radius 1 is 1.52 bits per heavy atom. The first kappa shape index (κ1) is 17.6. The molecular formula is C12H15N2O8P. The van der Waals surface area contributed by atoms with E-state index in [2.05, 4.69) is 21.3 Å². The molecule has 1 aromatic rings. The van der Waals surface area contributed by atoms with Gasteiger partial charge in [-0.25, -0.2) is 9.36 Å². The summed E-state index contributed by atoms with van der Waals surface area (Å²) in [4.78, 5) is 42.8. The first-order chi connectivity index (χ1) is 10.7. The third kappa shape index (κ3) is 4.39. The Bertz CT molecular complexity index is 798. The number of aliphatic hydroxyl groups is 1. The van der Waals surface area contributed by atoms with Crippen LogP contribution >= 0.6 is 7.82 Å². The molecule has 0 bridgehead atoms. The number of ether oxygens (including phenoxy) is 1. The third-order valence-electron chi connectivity index (χ3n) is 3.15. The van der Waals surface area contributed by atoms with Gasteiger partial charge in [0.25, 0.3) is 5.56 Å². The summed E-state index contributed by atoms with van der Waals surface area (Å²) in [6.07, 6.45) is -1.84. The second-order valence-corrected chi connectivity index (χ2v) is 6.04. The van der Waals surface area contributed by atoms with Gasteiger partial charge in [0, 0.05) is 12.6 Å². The molecule has 10 nitrogen and oxygen atoms in total. The highest BCUT2D eigenvalue weighted by molar-refractivity contribution is 7.46. The van der Waals surface area contributed by atoms with Crippen LogP contribution in [-0.2, 0) is 13.8 Å². The minimum absolute atomic E-state index is 0.0138. The molecule has 11 heteroatoms. The Morgan fingerprint density at radius 2 is 2.22 bits per heavy atom. The first-order valence-electron chi connectivity index (χ1n) is 6.53. The Hall–Kier alpha value is -1.73. The topological polar surface area (TPSA) is 151 Å². The van der Waals surface area contributed by atoms with Crippen LogP contribution in [0, 0.1) is 11.8 Å². The summed E-state index contributed by atoms with van der Waals surface area (Å²) in [7, 11) is -4.69. The predicted molar refractivity (Wildman–Crippen MR) is 76.4 cm³/mol. The molecule has 0 unspecified atom stereocenters. The van der Waals surface area contributed by atoms with Gasteiger partial charge in [-0.2, -0.15) is 0 Å². The van der Waals surface area contributed by atoms with Crippen LogP contribution in [0.1, 0.15) is 25.1 Å². The second-order valence-electron chi connectivity index (χ2n) is 4.80. The van der Waals surface area contributed by atoms with Crippen LogP contribution in [0.5, 0.6) is 0 Å². The number of nitrogens with one attached hydrogen (secondary N) is 1. The summed E-state index contributed by atoms with van der Waals surface area (Å²) >= 11 is 0. The normalized spacial score (nSPS) is 24.3. The smallest absolute Gasteiger partial charge is 0.390 e. The summed E-state index contributed by atoms with van der Waals surface area (Å²) in [5.74, 6) is 5.07. The number of H-pyrrole nitrogens is 1. The summed E-state index contributed by atoms with van der Waals surface area (Å²) in [5, 5.41) is 9.86. The lowest BCUT2D eigenvalue weighted by Gasteiger charge is -2.16. The van der Waals surface area contributed by atoms with Crippen LogP contribution in [0.15, 0.2) is 15.8 Å². The van der Waals surface area contributed by atoms with Crippen LogP contribution in [-0.4, -0.2) is 43.3 Å². The van der Waals surface area contributed by atoms with Crippen molar-refractivity contribution < 1.29 is 28.7 Å². The average Bonchev–Trinajstić information content (AvgIpc) is 2.80. The fraction of sp³-hybridized carbons (Fsp3) is 0.500. The van der Waals surface area contributed by atoms with Crippen molar-refractivity contribution in [3.05, 3.63) is 32.6 Å². The lowest BCUT2D eigenvalue weighted by molar-refractivity contribution is -0.0451. The van der Waals surface area contributed by atoms with Crippen molar-refractivity contribution in [1.29, 1.82) is 0 Å². The van der Waals surface area contributed by atoms with Gasteiger partial charge in [-0.1, -0.05) is 5.92 Å². The van der Waals surface area contributed by atoms with Gasteiger partial charge in [0.2, 0.25) is 0 Å². The molecule has 2 heterocycles. The van der Waals surface area contributed by atoms with Crippen molar-refractivity contribution in [3.8, 4) is 11.8 Å².